The van der Waals surface area contributed by atoms with Gasteiger partial charge in [0.1, 0.15) is 0 Å². The van der Waals surface area contributed by atoms with Crippen LogP contribution >= 0.6 is 0 Å². The molecule has 138 valence electrons. The van der Waals surface area contributed by atoms with Gasteiger partial charge in [-0.05, 0) is 43.5 Å². The van der Waals surface area contributed by atoms with Crippen molar-refractivity contribution in [2.24, 2.45) is 5.92 Å². The van der Waals surface area contributed by atoms with Gasteiger partial charge in [0, 0.05) is 10.8 Å². The second kappa shape index (κ2) is 7.14. The molecule has 0 aliphatic heterocycles. The van der Waals surface area contributed by atoms with Crippen molar-refractivity contribution in [1.29, 1.82) is 0 Å². The highest BCUT2D eigenvalue weighted by Gasteiger charge is 2.20. The van der Waals surface area contributed by atoms with E-state index in [0.717, 1.165) is 6.42 Å². The Hall–Kier alpha value is -2.30. The average Bonchev–Trinajstić information content (AvgIpc) is 3.28. The first-order valence-electron chi connectivity index (χ1n) is 9.28. The lowest BCUT2D eigenvalue weighted by Gasteiger charge is -2.11. The van der Waals surface area contributed by atoms with Gasteiger partial charge in [-0.3, -0.25) is 0 Å². The second-order valence-corrected chi connectivity index (χ2v) is 6.83. The molecule has 1 fully saturated rings. The van der Waals surface area contributed by atoms with Crippen LogP contribution in [-0.4, -0.2) is 13.2 Å². The molecule has 1 aliphatic carbocycles. The van der Waals surface area contributed by atoms with E-state index in [2.05, 4.69) is 0 Å². The van der Waals surface area contributed by atoms with Crippen molar-refractivity contribution in [3.63, 3.8) is 0 Å². The SMILES string of the molecule is CCOc1ccc2c(oc3c(F)c(OCCC4CCCC4)ccc32)c1F. The van der Waals surface area contributed by atoms with E-state index in [1.807, 2.05) is 0 Å². The minimum Gasteiger partial charge on any atom is -0.491 e. The van der Waals surface area contributed by atoms with Gasteiger partial charge in [0.05, 0.1) is 13.2 Å². The van der Waals surface area contributed by atoms with Crippen LogP contribution in [0.5, 0.6) is 11.5 Å². The summed E-state index contributed by atoms with van der Waals surface area (Å²) in [6.07, 6.45) is 5.95. The zero-order valence-corrected chi connectivity index (χ0v) is 14.8. The Morgan fingerprint density at radius 3 is 2.08 bits per heavy atom. The molecule has 1 heterocycles. The minimum atomic E-state index is -0.608. The fraction of sp³-hybridized carbons (Fsp3) is 0.429. The Balaban J connectivity index is 1.63. The lowest BCUT2D eigenvalue weighted by Crippen LogP contribution is -2.04. The fourth-order valence-corrected chi connectivity index (χ4v) is 3.81. The van der Waals surface area contributed by atoms with Crippen LogP contribution < -0.4 is 9.47 Å². The zero-order chi connectivity index (χ0) is 18.1. The van der Waals surface area contributed by atoms with Crippen molar-refractivity contribution in [1.82, 2.24) is 0 Å². The first-order valence-corrected chi connectivity index (χ1v) is 9.28. The third-order valence-electron chi connectivity index (χ3n) is 5.18. The van der Waals surface area contributed by atoms with E-state index in [0.29, 0.717) is 29.9 Å². The Labute approximate surface area is 150 Å². The molecular formula is C21H22F2O3. The van der Waals surface area contributed by atoms with Crippen molar-refractivity contribution >= 4 is 21.9 Å². The normalized spacial score (nSPS) is 15.2. The number of hydrogen-bond acceptors (Lipinski definition) is 3. The molecule has 0 unspecified atom stereocenters. The lowest BCUT2D eigenvalue weighted by atomic mass is 10.1. The molecule has 3 nitrogen and oxygen atoms in total. The molecule has 0 saturated heterocycles. The van der Waals surface area contributed by atoms with E-state index < -0.39 is 11.6 Å². The molecule has 0 amide bonds. The van der Waals surface area contributed by atoms with Crippen LogP contribution in [0.2, 0.25) is 0 Å². The molecule has 0 radical (unpaired) electrons. The predicted molar refractivity (Wildman–Crippen MR) is 96.9 cm³/mol. The Morgan fingerprint density at radius 2 is 1.50 bits per heavy atom. The van der Waals surface area contributed by atoms with Crippen LogP contribution in [0, 0.1) is 17.6 Å². The molecule has 0 bridgehead atoms. The van der Waals surface area contributed by atoms with E-state index in [1.54, 1.807) is 31.2 Å². The Bertz CT molecular complexity index is 926. The van der Waals surface area contributed by atoms with E-state index in [9.17, 15) is 8.78 Å². The molecule has 26 heavy (non-hydrogen) atoms. The maximum atomic E-state index is 14.8. The standard InChI is InChI=1S/C21H22F2O3/c1-2-24-16-9-7-14-15-8-10-17(25-12-11-13-5-3-4-6-13)19(23)21(15)26-20(14)18(16)22/h7-10,13H,2-6,11-12H2,1H3. The van der Waals surface area contributed by atoms with Crippen LogP contribution in [0.3, 0.4) is 0 Å². The highest BCUT2D eigenvalue weighted by atomic mass is 19.1. The largest absolute Gasteiger partial charge is 0.491 e. The number of hydrogen-bond donors (Lipinski definition) is 0. The summed E-state index contributed by atoms with van der Waals surface area (Å²) in [5.41, 5.74) is 0.0267. The third kappa shape index (κ3) is 3.00. The topological polar surface area (TPSA) is 31.6 Å². The third-order valence-corrected chi connectivity index (χ3v) is 5.18. The van der Waals surface area contributed by atoms with E-state index in [1.165, 1.54) is 25.7 Å². The van der Waals surface area contributed by atoms with E-state index in [-0.39, 0.29) is 22.7 Å². The van der Waals surface area contributed by atoms with E-state index >= 15 is 0 Å². The van der Waals surface area contributed by atoms with Crippen LogP contribution in [0.25, 0.3) is 21.9 Å². The first kappa shape index (κ1) is 17.1. The Morgan fingerprint density at radius 1 is 0.923 bits per heavy atom. The maximum absolute atomic E-state index is 14.8. The summed E-state index contributed by atoms with van der Waals surface area (Å²) in [6.45, 7) is 2.60. The molecule has 2 aromatic carbocycles. The summed E-state index contributed by atoms with van der Waals surface area (Å²) in [6, 6.07) is 6.54. The van der Waals surface area contributed by atoms with Crippen molar-refractivity contribution < 1.29 is 22.7 Å². The summed E-state index contributed by atoms with van der Waals surface area (Å²) in [7, 11) is 0. The second-order valence-electron chi connectivity index (χ2n) is 6.83. The highest BCUT2D eigenvalue weighted by molar-refractivity contribution is 6.06. The van der Waals surface area contributed by atoms with Crippen molar-refractivity contribution in [2.45, 2.75) is 39.0 Å². The van der Waals surface area contributed by atoms with Crippen molar-refractivity contribution in [3.8, 4) is 11.5 Å². The maximum Gasteiger partial charge on any atom is 0.208 e. The van der Waals surface area contributed by atoms with Gasteiger partial charge >= 0.3 is 0 Å². The molecule has 4 rings (SSSR count). The van der Waals surface area contributed by atoms with Crippen molar-refractivity contribution in [2.75, 3.05) is 13.2 Å². The van der Waals surface area contributed by atoms with Crippen LogP contribution in [0.15, 0.2) is 28.7 Å². The van der Waals surface area contributed by atoms with Gasteiger partial charge in [0.15, 0.2) is 22.7 Å². The van der Waals surface area contributed by atoms with Gasteiger partial charge in [-0.1, -0.05) is 25.7 Å². The van der Waals surface area contributed by atoms with Crippen LogP contribution in [0.1, 0.15) is 39.0 Å². The summed E-state index contributed by atoms with van der Waals surface area (Å²) in [5, 5.41) is 1.06. The molecule has 1 aromatic heterocycles. The van der Waals surface area contributed by atoms with Gasteiger partial charge in [-0.25, -0.2) is 0 Å². The smallest absolute Gasteiger partial charge is 0.208 e. The predicted octanol–water partition coefficient (Wildman–Crippen LogP) is 6.22. The number of fused-ring (bicyclic) bond motifs is 3. The number of rotatable bonds is 6. The van der Waals surface area contributed by atoms with Crippen molar-refractivity contribution in [3.05, 3.63) is 35.9 Å². The molecule has 1 saturated carbocycles. The molecular weight excluding hydrogens is 338 g/mol. The monoisotopic (exact) mass is 360 g/mol. The number of halogens is 2. The molecule has 5 heteroatoms. The Kier molecular flexibility index (Phi) is 4.70. The van der Waals surface area contributed by atoms with Gasteiger partial charge in [-0.15, -0.1) is 0 Å². The van der Waals surface area contributed by atoms with Gasteiger partial charge in [0.2, 0.25) is 11.6 Å². The summed E-state index contributed by atoms with van der Waals surface area (Å²) in [5.74, 6) is -0.252. The van der Waals surface area contributed by atoms with Gasteiger partial charge in [-0.2, -0.15) is 8.78 Å². The zero-order valence-electron chi connectivity index (χ0n) is 14.8. The fourth-order valence-electron chi connectivity index (χ4n) is 3.81. The lowest BCUT2D eigenvalue weighted by molar-refractivity contribution is 0.268. The minimum absolute atomic E-state index is 0.00737. The van der Waals surface area contributed by atoms with Crippen LogP contribution in [0.4, 0.5) is 8.78 Å². The summed E-state index contributed by atoms with van der Waals surface area (Å²) >= 11 is 0. The van der Waals surface area contributed by atoms with E-state index in [4.69, 9.17) is 13.9 Å². The molecule has 3 aromatic rings. The quantitative estimate of drug-likeness (QED) is 0.523. The van der Waals surface area contributed by atoms with Crippen LogP contribution in [-0.2, 0) is 0 Å². The number of benzene rings is 2. The first-order chi connectivity index (χ1) is 12.7. The highest BCUT2D eigenvalue weighted by Crippen LogP contribution is 2.38. The summed E-state index contributed by atoms with van der Waals surface area (Å²) < 4.78 is 45.7. The number of ether oxygens (including phenoxy) is 2. The van der Waals surface area contributed by atoms with Gasteiger partial charge < -0.3 is 13.9 Å². The molecule has 0 spiro atoms. The molecule has 1 aliphatic rings. The van der Waals surface area contributed by atoms with Gasteiger partial charge in [0.25, 0.3) is 0 Å². The molecule has 0 N–H and O–H groups in total. The number of furan rings is 1. The summed E-state index contributed by atoms with van der Waals surface area (Å²) in [4.78, 5) is 0. The molecule has 0 atom stereocenters. The average molecular weight is 360 g/mol.